The molecule has 0 bridgehead atoms. The highest BCUT2D eigenvalue weighted by molar-refractivity contribution is 5.68. The van der Waals surface area contributed by atoms with Crippen LogP contribution in [0.25, 0.3) is 0 Å². The van der Waals surface area contributed by atoms with Gasteiger partial charge in [0.2, 0.25) is 0 Å². The molecule has 0 aliphatic heterocycles. The van der Waals surface area contributed by atoms with Crippen LogP contribution in [0.15, 0.2) is 12.1 Å². The molecule has 0 aliphatic rings. The Morgan fingerprint density at radius 1 is 1.17 bits per heavy atom. The van der Waals surface area contributed by atoms with Gasteiger partial charge >= 0.3 is 0 Å². The first-order valence-corrected chi connectivity index (χ1v) is 6.48. The SMILES string of the molecule is CCCCCN(c1cc(F)c(F)cc1N)C(C)C. The van der Waals surface area contributed by atoms with E-state index >= 15 is 0 Å². The molecule has 18 heavy (non-hydrogen) atoms. The first-order chi connectivity index (χ1) is 8.47. The minimum atomic E-state index is -0.895. The largest absolute Gasteiger partial charge is 0.397 e. The summed E-state index contributed by atoms with van der Waals surface area (Å²) in [6, 6.07) is 2.45. The van der Waals surface area contributed by atoms with Gasteiger partial charge in [0, 0.05) is 24.7 Å². The molecule has 0 saturated carbocycles. The number of benzene rings is 1. The monoisotopic (exact) mass is 256 g/mol. The summed E-state index contributed by atoms with van der Waals surface area (Å²) in [6.07, 6.45) is 3.26. The molecule has 0 aliphatic carbocycles. The third kappa shape index (κ3) is 3.59. The van der Waals surface area contributed by atoms with Crippen LogP contribution in [0.2, 0.25) is 0 Å². The van der Waals surface area contributed by atoms with Crippen LogP contribution in [0.4, 0.5) is 20.2 Å². The van der Waals surface area contributed by atoms with E-state index in [1.165, 1.54) is 6.07 Å². The second kappa shape index (κ2) is 6.57. The van der Waals surface area contributed by atoms with E-state index in [-0.39, 0.29) is 6.04 Å². The van der Waals surface area contributed by atoms with Crippen molar-refractivity contribution in [1.29, 1.82) is 0 Å². The van der Waals surface area contributed by atoms with E-state index in [4.69, 9.17) is 5.73 Å². The summed E-state index contributed by atoms with van der Waals surface area (Å²) in [5, 5.41) is 0. The topological polar surface area (TPSA) is 29.3 Å². The Kier molecular flexibility index (Phi) is 5.38. The van der Waals surface area contributed by atoms with Crippen LogP contribution < -0.4 is 10.6 Å². The van der Waals surface area contributed by atoms with Crippen molar-refractivity contribution in [2.75, 3.05) is 17.2 Å². The number of rotatable bonds is 6. The van der Waals surface area contributed by atoms with Crippen LogP contribution >= 0.6 is 0 Å². The van der Waals surface area contributed by atoms with Gasteiger partial charge in [-0.25, -0.2) is 8.78 Å². The molecule has 2 nitrogen and oxygen atoms in total. The summed E-state index contributed by atoms with van der Waals surface area (Å²) < 4.78 is 26.4. The van der Waals surface area contributed by atoms with Crippen molar-refractivity contribution in [3.63, 3.8) is 0 Å². The Morgan fingerprint density at radius 3 is 2.33 bits per heavy atom. The highest BCUT2D eigenvalue weighted by atomic mass is 19.2. The van der Waals surface area contributed by atoms with Gasteiger partial charge in [-0.05, 0) is 20.3 Å². The number of nitrogens with zero attached hydrogens (tertiary/aromatic N) is 1. The highest BCUT2D eigenvalue weighted by Gasteiger charge is 2.16. The lowest BCUT2D eigenvalue weighted by molar-refractivity contribution is 0.508. The van der Waals surface area contributed by atoms with Crippen molar-refractivity contribution >= 4 is 11.4 Å². The molecule has 0 atom stereocenters. The van der Waals surface area contributed by atoms with E-state index in [0.717, 1.165) is 31.9 Å². The fraction of sp³-hybridized carbons (Fsp3) is 0.571. The zero-order valence-electron chi connectivity index (χ0n) is 11.3. The second-order valence-electron chi connectivity index (χ2n) is 4.82. The van der Waals surface area contributed by atoms with Crippen LogP contribution in [0.5, 0.6) is 0 Å². The normalized spacial score (nSPS) is 11.0. The van der Waals surface area contributed by atoms with Crippen molar-refractivity contribution in [3.05, 3.63) is 23.8 Å². The maximum atomic E-state index is 13.3. The fourth-order valence-corrected chi connectivity index (χ4v) is 1.99. The first-order valence-electron chi connectivity index (χ1n) is 6.48. The number of halogens is 2. The van der Waals surface area contributed by atoms with Gasteiger partial charge in [0.05, 0.1) is 11.4 Å². The van der Waals surface area contributed by atoms with E-state index < -0.39 is 11.6 Å². The van der Waals surface area contributed by atoms with Gasteiger partial charge in [-0.15, -0.1) is 0 Å². The molecule has 4 heteroatoms. The number of unbranched alkanes of at least 4 members (excludes halogenated alkanes) is 2. The second-order valence-corrected chi connectivity index (χ2v) is 4.82. The Morgan fingerprint density at radius 2 is 1.78 bits per heavy atom. The zero-order chi connectivity index (χ0) is 13.7. The average Bonchev–Trinajstić information content (AvgIpc) is 2.30. The number of nitrogens with two attached hydrogens (primary N) is 1. The third-order valence-electron chi connectivity index (χ3n) is 3.00. The van der Waals surface area contributed by atoms with Crippen LogP contribution in [-0.4, -0.2) is 12.6 Å². The zero-order valence-corrected chi connectivity index (χ0v) is 11.3. The maximum absolute atomic E-state index is 13.3. The predicted molar refractivity (Wildman–Crippen MR) is 72.8 cm³/mol. The predicted octanol–water partition coefficient (Wildman–Crippen LogP) is 3.95. The lowest BCUT2D eigenvalue weighted by atomic mass is 10.1. The van der Waals surface area contributed by atoms with Gasteiger partial charge in [-0.1, -0.05) is 19.8 Å². The molecule has 0 saturated heterocycles. The van der Waals surface area contributed by atoms with Crippen molar-refractivity contribution in [1.82, 2.24) is 0 Å². The first kappa shape index (κ1) is 14.7. The maximum Gasteiger partial charge on any atom is 0.161 e. The smallest absolute Gasteiger partial charge is 0.161 e. The number of nitrogen functional groups attached to an aromatic ring is 1. The lowest BCUT2D eigenvalue weighted by Crippen LogP contribution is -2.32. The lowest BCUT2D eigenvalue weighted by Gasteiger charge is -2.30. The molecule has 0 aromatic heterocycles. The van der Waals surface area contributed by atoms with E-state index in [9.17, 15) is 8.78 Å². The van der Waals surface area contributed by atoms with Gasteiger partial charge in [-0.3, -0.25) is 0 Å². The number of anilines is 2. The number of hydrogen-bond donors (Lipinski definition) is 1. The minimum Gasteiger partial charge on any atom is -0.397 e. The third-order valence-corrected chi connectivity index (χ3v) is 3.00. The Balaban J connectivity index is 2.95. The fourth-order valence-electron chi connectivity index (χ4n) is 1.99. The van der Waals surface area contributed by atoms with E-state index in [0.29, 0.717) is 11.4 Å². The molecule has 102 valence electrons. The Bertz CT molecular complexity index is 392. The van der Waals surface area contributed by atoms with Crippen LogP contribution in [0.3, 0.4) is 0 Å². The van der Waals surface area contributed by atoms with E-state index in [1.54, 1.807) is 0 Å². The summed E-state index contributed by atoms with van der Waals surface area (Å²) in [5.74, 6) is -1.74. The van der Waals surface area contributed by atoms with Crippen molar-refractivity contribution in [2.24, 2.45) is 0 Å². The van der Waals surface area contributed by atoms with Gasteiger partial charge in [0.1, 0.15) is 0 Å². The molecule has 0 radical (unpaired) electrons. The molecule has 0 spiro atoms. The molecule has 0 amide bonds. The summed E-state index contributed by atoms with van der Waals surface area (Å²) in [5.41, 5.74) is 6.66. The standard InChI is InChI=1S/C14H22F2N2/c1-4-5-6-7-18(10(2)3)14-9-12(16)11(15)8-13(14)17/h8-10H,4-7,17H2,1-3H3. The summed E-state index contributed by atoms with van der Waals surface area (Å²) in [4.78, 5) is 2.02. The average molecular weight is 256 g/mol. The van der Waals surface area contributed by atoms with Gasteiger partial charge in [0.15, 0.2) is 11.6 Å². The Labute approximate surface area is 108 Å². The number of hydrogen-bond acceptors (Lipinski definition) is 2. The molecule has 1 aromatic rings. The van der Waals surface area contributed by atoms with Gasteiger partial charge in [0.25, 0.3) is 0 Å². The molecule has 2 N–H and O–H groups in total. The van der Waals surface area contributed by atoms with Crippen molar-refractivity contribution in [3.8, 4) is 0 Å². The highest BCUT2D eigenvalue weighted by Crippen LogP contribution is 2.28. The van der Waals surface area contributed by atoms with Gasteiger partial charge in [-0.2, -0.15) is 0 Å². The summed E-state index contributed by atoms with van der Waals surface area (Å²) in [7, 11) is 0. The van der Waals surface area contributed by atoms with Crippen molar-refractivity contribution < 1.29 is 8.78 Å². The van der Waals surface area contributed by atoms with E-state index in [2.05, 4.69) is 6.92 Å². The molecular formula is C14H22F2N2. The quantitative estimate of drug-likeness (QED) is 0.616. The van der Waals surface area contributed by atoms with E-state index in [1.807, 2.05) is 18.7 Å². The molecule has 1 aromatic carbocycles. The van der Waals surface area contributed by atoms with Crippen LogP contribution in [0.1, 0.15) is 40.0 Å². The molecule has 0 fully saturated rings. The minimum absolute atomic E-state index is 0.203. The molecule has 0 heterocycles. The van der Waals surface area contributed by atoms with Crippen molar-refractivity contribution in [2.45, 2.75) is 46.1 Å². The molecule has 0 unspecified atom stereocenters. The van der Waals surface area contributed by atoms with Gasteiger partial charge < -0.3 is 10.6 Å². The molecular weight excluding hydrogens is 234 g/mol. The summed E-state index contributed by atoms with van der Waals surface area (Å²) >= 11 is 0. The molecule has 1 rings (SSSR count). The Hall–Kier alpha value is -1.32. The summed E-state index contributed by atoms with van der Waals surface area (Å²) in [6.45, 7) is 6.98. The van der Waals surface area contributed by atoms with Crippen LogP contribution in [-0.2, 0) is 0 Å². The van der Waals surface area contributed by atoms with Crippen LogP contribution in [0, 0.1) is 11.6 Å².